The second kappa shape index (κ2) is 6.83. The van der Waals surface area contributed by atoms with Crippen molar-refractivity contribution in [2.75, 3.05) is 0 Å². The Kier molecular flexibility index (Phi) is 5.03. The number of hydrazone groups is 1. The van der Waals surface area contributed by atoms with Crippen LogP contribution >= 0.6 is 15.9 Å². The van der Waals surface area contributed by atoms with Crippen LogP contribution in [-0.4, -0.2) is 26.4 Å². The van der Waals surface area contributed by atoms with Gasteiger partial charge in [-0.25, -0.2) is 10.2 Å². The van der Waals surface area contributed by atoms with Gasteiger partial charge in [0, 0.05) is 24.3 Å². The van der Waals surface area contributed by atoms with Gasteiger partial charge in [0.25, 0.3) is 11.5 Å². The smallest absolute Gasteiger partial charge is 0.330 e. The number of phenols is 1. The Balaban J connectivity index is 2.30. The number of phenolic OH excluding ortho intramolecular Hbond substituents is 1. The van der Waals surface area contributed by atoms with E-state index in [0.29, 0.717) is 10.2 Å². The van der Waals surface area contributed by atoms with Crippen molar-refractivity contribution in [3.8, 4) is 5.75 Å². The molecular formula is C15H15BrN4O4. The summed E-state index contributed by atoms with van der Waals surface area (Å²) in [6.45, 7) is 1.60. The van der Waals surface area contributed by atoms with E-state index in [1.165, 1.54) is 37.0 Å². The van der Waals surface area contributed by atoms with Crippen molar-refractivity contribution in [2.45, 2.75) is 6.92 Å². The molecule has 0 bridgehead atoms. The van der Waals surface area contributed by atoms with E-state index in [2.05, 4.69) is 26.5 Å². The summed E-state index contributed by atoms with van der Waals surface area (Å²) in [5.41, 5.74) is 1.91. The molecule has 0 saturated carbocycles. The van der Waals surface area contributed by atoms with Gasteiger partial charge in [0.05, 0.1) is 17.3 Å². The van der Waals surface area contributed by atoms with E-state index in [0.717, 1.165) is 4.57 Å². The summed E-state index contributed by atoms with van der Waals surface area (Å²) in [6.07, 6.45) is 1.17. The molecule has 0 fully saturated rings. The monoisotopic (exact) mass is 394 g/mol. The molecule has 24 heavy (non-hydrogen) atoms. The van der Waals surface area contributed by atoms with Gasteiger partial charge in [-0.15, -0.1) is 0 Å². The first-order valence-corrected chi connectivity index (χ1v) is 7.62. The van der Waals surface area contributed by atoms with Crippen LogP contribution < -0.4 is 16.7 Å². The van der Waals surface area contributed by atoms with Crippen molar-refractivity contribution in [1.29, 1.82) is 0 Å². The zero-order valence-electron chi connectivity index (χ0n) is 13.2. The molecular weight excluding hydrogens is 380 g/mol. The number of rotatable bonds is 3. The van der Waals surface area contributed by atoms with Gasteiger partial charge in [-0.3, -0.25) is 14.2 Å². The molecule has 0 unspecified atom stereocenters. The van der Waals surface area contributed by atoms with E-state index >= 15 is 0 Å². The van der Waals surface area contributed by atoms with Crippen molar-refractivity contribution in [2.24, 2.45) is 19.2 Å². The minimum absolute atomic E-state index is 0.0339. The summed E-state index contributed by atoms with van der Waals surface area (Å²) in [4.78, 5) is 35.9. The van der Waals surface area contributed by atoms with Crippen LogP contribution in [0.1, 0.15) is 21.6 Å². The number of aromatic hydroxyl groups is 1. The molecule has 0 radical (unpaired) electrons. The zero-order valence-corrected chi connectivity index (χ0v) is 14.8. The first kappa shape index (κ1) is 17.7. The summed E-state index contributed by atoms with van der Waals surface area (Å²) >= 11 is 3.21. The Hall–Kier alpha value is -2.68. The molecule has 0 aliphatic rings. The number of nitrogens with zero attached hydrogens (tertiary/aromatic N) is 3. The van der Waals surface area contributed by atoms with Gasteiger partial charge in [0.2, 0.25) is 0 Å². The molecule has 0 spiro atoms. The quantitative estimate of drug-likeness (QED) is 0.587. The van der Waals surface area contributed by atoms with E-state index in [9.17, 15) is 19.5 Å². The third kappa shape index (κ3) is 3.30. The average molecular weight is 395 g/mol. The molecule has 126 valence electrons. The van der Waals surface area contributed by atoms with Crippen molar-refractivity contribution in [3.05, 3.63) is 60.3 Å². The van der Waals surface area contributed by atoms with Gasteiger partial charge >= 0.3 is 5.69 Å². The molecule has 8 nitrogen and oxygen atoms in total. The van der Waals surface area contributed by atoms with Crippen LogP contribution in [0.4, 0.5) is 0 Å². The van der Waals surface area contributed by atoms with E-state index in [4.69, 9.17) is 0 Å². The number of halogens is 1. The molecule has 0 aliphatic carbocycles. The van der Waals surface area contributed by atoms with Crippen LogP contribution in [-0.2, 0) is 14.1 Å². The number of aromatic nitrogens is 2. The molecule has 0 saturated heterocycles. The second-order valence-corrected chi connectivity index (χ2v) is 5.98. The van der Waals surface area contributed by atoms with Crippen molar-refractivity contribution in [3.63, 3.8) is 0 Å². The maximum absolute atomic E-state index is 12.1. The summed E-state index contributed by atoms with van der Waals surface area (Å²) in [5.74, 6) is -0.829. The topological polar surface area (TPSA) is 106 Å². The normalized spacial score (nSPS) is 11.0. The van der Waals surface area contributed by atoms with Crippen LogP contribution in [0.25, 0.3) is 0 Å². The van der Waals surface area contributed by atoms with E-state index in [1.54, 1.807) is 13.0 Å². The lowest BCUT2D eigenvalue weighted by atomic mass is 10.2. The van der Waals surface area contributed by atoms with E-state index in [-0.39, 0.29) is 16.9 Å². The summed E-state index contributed by atoms with van der Waals surface area (Å²) < 4.78 is 2.89. The highest BCUT2D eigenvalue weighted by Gasteiger charge is 2.12. The lowest BCUT2D eigenvalue weighted by Gasteiger charge is -2.08. The highest BCUT2D eigenvalue weighted by atomic mass is 79.9. The van der Waals surface area contributed by atoms with Crippen molar-refractivity contribution >= 4 is 28.1 Å². The fourth-order valence-corrected chi connectivity index (χ4v) is 2.39. The SMILES string of the molecule is Cc1c(/C=N\NC(=O)c2cc(Br)ccc2O)c(=O)n(C)c(=O)n1C. The van der Waals surface area contributed by atoms with Crippen LogP contribution in [0.3, 0.4) is 0 Å². The predicted octanol–water partition coefficient (Wildman–Crippen LogP) is 0.624. The minimum Gasteiger partial charge on any atom is -0.507 e. The molecule has 0 aliphatic heterocycles. The summed E-state index contributed by atoms with van der Waals surface area (Å²) in [7, 11) is 2.89. The summed E-state index contributed by atoms with van der Waals surface area (Å²) in [6, 6.07) is 4.40. The maximum atomic E-state index is 12.1. The van der Waals surface area contributed by atoms with Gasteiger partial charge in [-0.2, -0.15) is 5.10 Å². The van der Waals surface area contributed by atoms with Gasteiger partial charge < -0.3 is 9.67 Å². The number of hydrogen-bond acceptors (Lipinski definition) is 5. The van der Waals surface area contributed by atoms with Crippen LogP contribution in [0.5, 0.6) is 5.75 Å². The Bertz CT molecular complexity index is 959. The van der Waals surface area contributed by atoms with Crippen LogP contribution in [0.2, 0.25) is 0 Å². The molecule has 1 aromatic carbocycles. The number of benzene rings is 1. The van der Waals surface area contributed by atoms with E-state index < -0.39 is 17.2 Å². The summed E-state index contributed by atoms with van der Waals surface area (Å²) in [5, 5.41) is 13.4. The number of amides is 1. The Labute approximate surface area is 145 Å². The number of carbonyl (C=O) groups is 1. The van der Waals surface area contributed by atoms with Crippen LogP contribution in [0.15, 0.2) is 37.4 Å². The lowest BCUT2D eigenvalue weighted by Crippen LogP contribution is -2.40. The molecule has 2 aromatic rings. The van der Waals surface area contributed by atoms with Crippen molar-refractivity contribution < 1.29 is 9.90 Å². The van der Waals surface area contributed by atoms with Gasteiger partial charge in [-0.1, -0.05) is 15.9 Å². The lowest BCUT2D eigenvalue weighted by molar-refractivity contribution is 0.0952. The Morgan fingerprint density at radius 2 is 1.96 bits per heavy atom. The van der Waals surface area contributed by atoms with E-state index in [1.807, 2.05) is 0 Å². The first-order chi connectivity index (χ1) is 11.2. The third-order valence-corrected chi connectivity index (χ3v) is 4.06. The molecule has 9 heteroatoms. The number of carbonyl (C=O) groups excluding carboxylic acids is 1. The second-order valence-electron chi connectivity index (χ2n) is 5.07. The predicted molar refractivity (Wildman–Crippen MR) is 92.5 cm³/mol. The molecule has 1 amide bonds. The largest absolute Gasteiger partial charge is 0.507 e. The maximum Gasteiger partial charge on any atom is 0.330 e. The molecule has 1 aromatic heterocycles. The Morgan fingerprint density at radius 3 is 2.62 bits per heavy atom. The number of hydrogen-bond donors (Lipinski definition) is 2. The molecule has 2 N–H and O–H groups in total. The molecule has 2 rings (SSSR count). The highest BCUT2D eigenvalue weighted by Crippen LogP contribution is 2.21. The minimum atomic E-state index is -0.635. The molecule has 1 heterocycles. The average Bonchev–Trinajstić information content (AvgIpc) is 2.56. The fourth-order valence-electron chi connectivity index (χ4n) is 2.03. The van der Waals surface area contributed by atoms with Gasteiger partial charge in [-0.05, 0) is 25.1 Å². The highest BCUT2D eigenvalue weighted by molar-refractivity contribution is 9.10. The Morgan fingerprint density at radius 1 is 1.29 bits per heavy atom. The van der Waals surface area contributed by atoms with Gasteiger partial charge in [0.1, 0.15) is 5.75 Å². The zero-order chi connectivity index (χ0) is 18.0. The van der Waals surface area contributed by atoms with Gasteiger partial charge in [0.15, 0.2) is 0 Å². The fraction of sp³-hybridized carbons (Fsp3) is 0.200. The molecule has 0 atom stereocenters. The van der Waals surface area contributed by atoms with Crippen molar-refractivity contribution in [1.82, 2.24) is 14.6 Å². The third-order valence-electron chi connectivity index (χ3n) is 3.56. The first-order valence-electron chi connectivity index (χ1n) is 6.82. The van der Waals surface area contributed by atoms with Crippen LogP contribution in [0, 0.1) is 6.92 Å². The standard InChI is InChI=1S/C15H15BrN4O4/c1-8-11(14(23)20(3)15(24)19(8)2)7-17-18-13(22)10-6-9(16)4-5-12(10)21/h4-7,21H,1-3H3,(H,18,22)/b17-7-. The number of nitrogens with one attached hydrogen (secondary N) is 1.